The van der Waals surface area contributed by atoms with Gasteiger partial charge in [0, 0.05) is 12.2 Å². The summed E-state index contributed by atoms with van der Waals surface area (Å²) in [6, 6.07) is 8.42. The van der Waals surface area contributed by atoms with Gasteiger partial charge in [-0.05, 0) is 55.7 Å². The number of sulfonamides is 1. The van der Waals surface area contributed by atoms with Crippen LogP contribution in [0, 0.1) is 5.92 Å². The van der Waals surface area contributed by atoms with Crippen LogP contribution in [0.3, 0.4) is 0 Å². The van der Waals surface area contributed by atoms with Crippen LogP contribution >= 0.6 is 12.2 Å². The van der Waals surface area contributed by atoms with Crippen LogP contribution in [0.25, 0.3) is 0 Å². The highest BCUT2D eigenvalue weighted by Crippen LogP contribution is 2.13. The Labute approximate surface area is 158 Å². The van der Waals surface area contributed by atoms with Gasteiger partial charge in [0.2, 0.25) is 10.0 Å². The molecule has 0 aliphatic carbocycles. The van der Waals surface area contributed by atoms with E-state index in [1.165, 1.54) is 18.4 Å². The molecule has 0 heterocycles. The first kappa shape index (κ1) is 22.1. The van der Waals surface area contributed by atoms with E-state index in [-0.39, 0.29) is 11.7 Å². The van der Waals surface area contributed by atoms with Crippen molar-refractivity contribution < 1.29 is 8.42 Å². The lowest BCUT2D eigenvalue weighted by atomic mass is 10.1. The average molecular weight is 385 g/mol. The van der Waals surface area contributed by atoms with Gasteiger partial charge in [0.15, 0.2) is 0 Å². The highest BCUT2D eigenvalue weighted by Gasteiger charge is 2.11. The summed E-state index contributed by atoms with van der Waals surface area (Å²) in [6.45, 7) is 6.48. The van der Waals surface area contributed by atoms with Gasteiger partial charge in [-0.1, -0.05) is 51.5 Å². The molecule has 142 valence electrons. The average Bonchev–Trinajstić information content (AvgIpc) is 2.52. The molecule has 2 N–H and O–H groups in total. The summed E-state index contributed by atoms with van der Waals surface area (Å²) in [5, 5.41) is 3.25. The van der Waals surface area contributed by atoms with Crippen molar-refractivity contribution in [2.75, 3.05) is 17.6 Å². The number of anilines is 1. The topological polar surface area (TPSA) is 58.2 Å². The Morgan fingerprint density at radius 3 is 2.40 bits per heavy atom. The van der Waals surface area contributed by atoms with E-state index in [1.807, 2.05) is 13.8 Å². The molecular weight excluding hydrogens is 352 g/mol. The fraction of sp³-hybridized carbons (Fsp3) is 0.632. The van der Waals surface area contributed by atoms with Crippen molar-refractivity contribution in [3.05, 3.63) is 29.8 Å². The Morgan fingerprint density at radius 1 is 1.12 bits per heavy atom. The SMILES string of the molecule is CCCCc1ccc(NC(=S)CCCCNS(=O)(=O)CC(C)C)cc1. The van der Waals surface area contributed by atoms with E-state index in [2.05, 4.69) is 41.2 Å². The van der Waals surface area contributed by atoms with E-state index in [0.29, 0.717) is 6.54 Å². The highest BCUT2D eigenvalue weighted by molar-refractivity contribution is 7.89. The van der Waals surface area contributed by atoms with Gasteiger partial charge < -0.3 is 5.32 Å². The monoisotopic (exact) mass is 384 g/mol. The Morgan fingerprint density at radius 2 is 1.80 bits per heavy atom. The maximum absolute atomic E-state index is 11.7. The van der Waals surface area contributed by atoms with Gasteiger partial charge in [-0.25, -0.2) is 13.1 Å². The third-order valence-electron chi connectivity index (χ3n) is 3.76. The molecule has 6 heteroatoms. The molecule has 0 fully saturated rings. The summed E-state index contributed by atoms with van der Waals surface area (Å²) < 4.78 is 26.1. The standard InChI is InChI=1S/C19H32N2O2S2/c1-4-5-8-17-10-12-18(13-11-17)21-19(24)9-6-7-14-20-25(22,23)15-16(2)3/h10-13,16,20H,4-9,14-15H2,1-3H3,(H,21,24). The first-order valence-corrected chi connectivity index (χ1v) is 11.2. The minimum Gasteiger partial charge on any atom is -0.350 e. The van der Waals surface area contributed by atoms with Gasteiger partial charge in [0.1, 0.15) is 0 Å². The van der Waals surface area contributed by atoms with Crippen molar-refractivity contribution in [1.82, 2.24) is 4.72 Å². The van der Waals surface area contributed by atoms with Crippen LogP contribution in [0.4, 0.5) is 5.69 Å². The van der Waals surface area contributed by atoms with Crippen molar-refractivity contribution in [3.63, 3.8) is 0 Å². The molecule has 0 radical (unpaired) electrons. The molecule has 0 aromatic heterocycles. The quantitative estimate of drug-likeness (QED) is 0.411. The number of rotatable bonds is 12. The van der Waals surface area contributed by atoms with Crippen LogP contribution in [-0.2, 0) is 16.4 Å². The summed E-state index contributed by atoms with van der Waals surface area (Å²) in [7, 11) is -3.14. The van der Waals surface area contributed by atoms with E-state index in [0.717, 1.165) is 36.4 Å². The number of thiocarbonyl (C=S) groups is 1. The molecule has 0 saturated carbocycles. The molecular formula is C19H32N2O2S2. The van der Waals surface area contributed by atoms with E-state index in [1.54, 1.807) is 0 Å². The number of benzene rings is 1. The molecule has 0 spiro atoms. The summed E-state index contributed by atoms with van der Waals surface area (Å²) in [4.78, 5) is 0.798. The molecule has 1 rings (SSSR count). The second kappa shape index (κ2) is 11.6. The smallest absolute Gasteiger partial charge is 0.211 e. The normalized spacial score (nSPS) is 11.7. The Bertz CT molecular complexity index is 611. The zero-order valence-electron chi connectivity index (χ0n) is 15.7. The summed E-state index contributed by atoms with van der Waals surface area (Å²) in [5.74, 6) is 0.323. The molecule has 0 atom stereocenters. The van der Waals surface area contributed by atoms with E-state index in [4.69, 9.17) is 12.2 Å². The van der Waals surface area contributed by atoms with Crippen molar-refractivity contribution in [1.29, 1.82) is 0 Å². The van der Waals surface area contributed by atoms with Crippen LogP contribution < -0.4 is 10.0 Å². The fourth-order valence-corrected chi connectivity index (χ4v) is 4.21. The summed E-state index contributed by atoms with van der Waals surface area (Å²) in [5.41, 5.74) is 2.37. The second-order valence-corrected chi connectivity index (χ2v) is 9.22. The van der Waals surface area contributed by atoms with Gasteiger partial charge in [0.25, 0.3) is 0 Å². The zero-order chi connectivity index (χ0) is 18.7. The number of nitrogens with one attached hydrogen (secondary N) is 2. The van der Waals surface area contributed by atoms with E-state index >= 15 is 0 Å². The largest absolute Gasteiger partial charge is 0.350 e. The lowest BCUT2D eigenvalue weighted by molar-refractivity contribution is 0.564. The lowest BCUT2D eigenvalue weighted by Crippen LogP contribution is -2.29. The van der Waals surface area contributed by atoms with Crippen LogP contribution in [0.15, 0.2) is 24.3 Å². The predicted octanol–water partition coefficient (Wildman–Crippen LogP) is 4.51. The van der Waals surface area contributed by atoms with E-state index < -0.39 is 10.0 Å². The summed E-state index contributed by atoms with van der Waals surface area (Å²) >= 11 is 5.37. The second-order valence-electron chi connectivity index (χ2n) is 6.88. The van der Waals surface area contributed by atoms with Crippen molar-refractivity contribution >= 4 is 32.9 Å². The first-order chi connectivity index (χ1) is 11.8. The predicted molar refractivity (Wildman–Crippen MR) is 112 cm³/mol. The van der Waals surface area contributed by atoms with Gasteiger partial charge in [-0.3, -0.25) is 0 Å². The molecule has 0 unspecified atom stereocenters. The third-order valence-corrected chi connectivity index (χ3v) is 5.82. The Kier molecular flexibility index (Phi) is 10.2. The molecule has 1 aromatic carbocycles. The molecule has 4 nitrogen and oxygen atoms in total. The minimum absolute atomic E-state index is 0.141. The van der Waals surface area contributed by atoms with Crippen LogP contribution in [0.5, 0.6) is 0 Å². The fourth-order valence-electron chi connectivity index (χ4n) is 2.50. The van der Waals surface area contributed by atoms with Crippen molar-refractivity contribution in [2.45, 2.75) is 59.3 Å². The molecule has 0 bridgehead atoms. The molecule has 1 aromatic rings. The number of hydrogen-bond acceptors (Lipinski definition) is 3. The molecule has 25 heavy (non-hydrogen) atoms. The van der Waals surface area contributed by atoms with Gasteiger partial charge >= 0.3 is 0 Å². The first-order valence-electron chi connectivity index (χ1n) is 9.18. The maximum Gasteiger partial charge on any atom is 0.211 e. The zero-order valence-corrected chi connectivity index (χ0v) is 17.3. The molecule has 0 aliphatic heterocycles. The maximum atomic E-state index is 11.7. The van der Waals surface area contributed by atoms with Crippen molar-refractivity contribution in [3.8, 4) is 0 Å². The van der Waals surface area contributed by atoms with E-state index in [9.17, 15) is 8.42 Å². The number of hydrogen-bond donors (Lipinski definition) is 2. The lowest BCUT2D eigenvalue weighted by Gasteiger charge is -2.10. The van der Waals surface area contributed by atoms with Gasteiger partial charge in [-0.15, -0.1) is 0 Å². The minimum atomic E-state index is -3.14. The molecule has 0 amide bonds. The van der Waals surface area contributed by atoms with Gasteiger partial charge in [-0.2, -0.15) is 0 Å². The Hall–Kier alpha value is -0.980. The van der Waals surface area contributed by atoms with Gasteiger partial charge in [0.05, 0.1) is 10.7 Å². The highest BCUT2D eigenvalue weighted by atomic mass is 32.2. The van der Waals surface area contributed by atoms with Crippen LogP contribution in [-0.4, -0.2) is 25.7 Å². The summed E-state index contributed by atoms with van der Waals surface area (Å²) in [6.07, 6.45) is 5.95. The molecule has 0 saturated heterocycles. The van der Waals surface area contributed by atoms with Crippen LogP contribution in [0.2, 0.25) is 0 Å². The third kappa shape index (κ3) is 10.6. The number of unbranched alkanes of at least 4 members (excludes halogenated alkanes) is 2. The number of aryl methyl sites for hydroxylation is 1. The Balaban J connectivity index is 2.22. The molecule has 0 aliphatic rings. The van der Waals surface area contributed by atoms with Crippen molar-refractivity contribution in [2.24, 2.45) is 5.92 Å². The van der Waals surface area contributed by atoms with Crippen LogP contribution in [0.1, 0.15) is 58.4 Å².